The summed E-state index contributed by atoms with van der Waals surface area (Å²) >= 11 is 12.6. The van der Waals surface area contributed by atoms with E-state index in [1.807, 2.05) is 18.2 Å². The number of amides is 1. The monoisotopic (exact) mass is 729 g/mol. The molecule has 270 valence electrons. The highest BCUT2D eigenvalue weighted by Gasteiger charge is 2.50. The number of carbonyl (C=O) groups excluding carboxylic acids is 2. The molecule has 7 nitrogen and oxygen atoms in total. The van der Waals surface area contributed by atoms with Crippen LogP contribution in [0.25, 0.3) is 6.08 Å². The van der Waals surface area contributed by atoms with Crippen molar-refractivity contribution in [3.8, 4) is 0 Å². The first kappa shape index (κ1) is 36.0. The molecule has 7 rings (SSSR count). The van der Waals surface area contributed by atoms with Crippen molar-refractivity contribution in [2.45, 2.75) is 82.2 Å². The van der Waals surface area contributed by atoms with E-state index in [0.717, 1.165) is 63.7 Å². The fourth-order valence-electron chi connectivity index (χ4n) is 9.47. The first-order valence-electron chi connectivity index (χ1n) is 18.6. The van der Waals surface area contributed by atoms with Gasteiger partial charge in [-0.2, -0.15) is 0 Å². The van der Waals surface area contributed by atoms with Gasteiger partial charge in [0, 0.05) is 87.2 Å². The van der Waals surface area contributed by atoms with Crippen molar-refractivity contribution < 1.29 is 14.3 Å². The summed E-state index contributed by atoms with van der Waals surface area (Å²) < 4.78 is 7.81. The third-order valence-corrected chi connectivity index (χ3v) is 12.8. The maximum Gasteiger partial charge on any atom is 0.310 e. The topological polar surface area (TPSA) is 64.9 Å². The van der Waals surface area contributed by atoms with Gasteiger partial charge in [-0.1, -0.05) is 49.2 Å². The van der Waals surface area contributed by atoms with Gasteiger partial charge in [0.2, 0.25) is 11.3 Å². The zero-order chi connectivity index (χ0) is 36.0. The SMILES string of the molecule is COC(=O)[C@H]1[C@@H](c2ccc(Cl)c(Cl)c2)C[C@@H]2CC[C@H]1N2CCNC(=O)CCC[N+]1=c2cc3c(cc2CCC1)=Cc1ccc(N(C)C)cc1C3(C)C. The van der Waals surface area contributed by atoms with Crippen molar-refractivity contribution in [1.82, 2.24) is 14.8 Å². The molecule has 2 saturated heterocycles. The second kappa shape index (κ2) is 14.6. The zero-order valence-corrected chi connectivity index (χ0v) is 32.1. The molecular formula is C42H51Cl2N4O3+. The Morgan fingerprint density at radius 2 is 1.86 bits per heavy atom. The quantitative estimate of drug-likeness (QED) is 0.215. The second-order valence-corrected chi connectivity index (χ2v) is 16.5. The highest BCUT2D eigenvalue weighted by atomic mass is 35.5. The molecule has 4 aliphatic rings. The number of benzene rings is 3. The van der Waals surface area contributed by atoms with Crippen molar-refractivity contribution >= 4 is 46.8 Å². The Bertz CT molecular complexity index is 1970. The highest BCUT2D eigenvalue weighted by molar-refractivity contribution is 6.42. The Morgan fingerprint density at radius 1 is 1.04 bits per heavy atom. The van der Waals surface area contributed by atoms with Crippen LogP contribution in [0.15, 0.2) is 48.5 Å². The van der Waals surface area contributed by atoms with Crippen LogP contribution in [0, 0.1) is 5.92 Å². The number of nitrogens with zero attached hydrogens (tertiary/aromatic N) is 3. The molecule has 0 spiro atoms. The Balaban J connectivity index is 0.984. The number of piperidine rings is 1. The lowest BCUT2D eigenvalue weighted by Crippen LogP contribution is -2.52. The van der Waals surface area contributed by atoms with Crippen molar-refractivity contribution in [2.24, 2.45) is 5.92 Å². The summed E-state index contributed by atoms with van der Waals surface area (Å²) in [6.45, 7) is 7.86. The fraction of sp³-hybridized carbons (Fsp3) is 0.500. The van der Waals surface area contributed by atoms with Crippen molar-refractivity contribution in [2.75, 3.05) is 52.3 Å². The van der Waals surface area contributed by atoms with E-state index < -0.39 is 0 Å². The minimum Gasteiger partial charge on any atom is -0.469 e. The lowest BCUT2D eigenvalue weighted by atomic mass is 9.71. The number of halogens is 2. The molecule has 3 aromatic rings. The molecule has 3 aromatic carbocycles. The molecule has 3 aliphatic heterocycles. The molecule has 0 saturated carbocycles. The summed E-state index contributed by atoms with van der Waals surface area (Å²) in [4.78, 5) is 30.8. The van der Waals surface area contributed by atoms with Gasteiger partial charge in [-0.15, -0.1) is 0 Å². The Morgan fingerprint density at radius 3 is 2.63 bits per heavy atom. The van der Waals surface area contributed by atoms with Crippen LogP contribution in [0.4, 0.5) is 5.69 Å². The first-order chi connectivity index (χ1) is 24.5. The molecule has 2 bridgehead atoms. The van der Waals surface area contributed by atoms with Crippen LogP contribution in [0.2, 0.25) is 10.0 Å². The number of esters is 1. The number of fused-ring (bicyclic) bond motifs is 5. The number of carbonyl (C=O) groups is 2. The average molecular weight is 731 g/mol. The Kier molecular flexibility index (Phi) is 10.3. The van der Waals surface area contributed by atoms with Gasteiger partial charge in [0.1, 0.15) is 13.1 Å². The van der Waals surface area contributed by atoms with Crippen LogP contribution in [0.1, 0.15) is 86.1 Å². The number of ether oxygens (including phenoxy) is 1. The van der Waals surface area contributed by atoms with Crippen molar-refractivity contribution in [3.05, 3.63) is 97.0 Å². The lowest BCUT2D eigenvalue weighted by Gasteiger charge is -2.43. The van der Waals surface area contributed by atoms with Gasteiger partial charge in [-0.3, -0.25) is 14.5 Å². The van der Waals surface area contributed by atoms with Crippen LogP contribution in [0.5, 0.6) is 0 Å². The maximum absolute atomic E-state index is 13.1. The molecule has 1 aliphatic carbocycles. The van der Waals surface area contributed by atoms with E-state index in [4.69, 9.17) is 27.9 Å². The second-order valence-electron chi connectivity index (χ2n) is 15.6. The van der Waals surface area contributed by atoms with Crippen molar-refractivity contribution in [3.63, 3.8) is 0 Å². The summed E-state index contributed by atoms with van der Waals surface area (Å²) in [7, 11) is 5.66. The number of methoxy groups -OCH3 is 1. The minimum absolute atomic E-state index is 0.0249. The van der Waals surface area contributed by atoms with Crippen LogP contribution < -0.4 is 25.4 Å². The molecule has 4 atom stereocenters. The molecule has 3 heterocycles. The molecule has 9 heteroatoms. The van der Waals surface area contributed by atoms with Gasteiger partial charge in [-0.25, -0.2) is 4.58 Å². The zero-order valence-electron chi connectivity index (χ0n) is 30.6. The van der Waals surface area contributed by atoms with Crippen LogP contribution in [-0.4, -0.2) is 76.2 Å². The third kappa shape index (κ3) is 6.94. The lowest BCUT2D eigenvalue weighted by molar-refractivity contribution is -0.150. The summed E-state index contributed by atoms with van der Waals surface area (Å²) in [6, 6.07) is 17.8. The molecule has 0 aromatic heterocycles. The fourth-order valence-corrected chi connectivity index (χ4v) is 9.78. The Labute approximate surface area is 312 Å². The minimum atomic E-state index is -0.284. The molecule has 0 unspecified atom stereocenters. The van der Waals surface area contributed by atoms with Gasteiger partial charge >= 0.3 is 5.97 Å². The van der Waals surface area contributed by atoms with E-state index in [-0.39, 0.29) is 35.2 Å². The van der Waals surface area contributed by atoms with Gasteiger partial charge < -0.3 is 15.0 Å². The molecule has 1 N–H and O–H groups in total. The van der Waals surface area contributed by atoms with Crippen LogP contribution >= 0.6 is 23.2 Å². The molecule has 51 heavy (non-hydrogen) atoms. The van der Waals surface area contributed by atoms with E-state index in [1.165, 1.54) is 45.6 Å². The molecule has 0 radical (unpaired) electrons. The van der Waals surface area contributed by atoms with Gasteiger partial charge in [0.05, 0.1) is 23.1 Å². The molecule has 2 fully saturated rings. The van der Waals surface area contributed by atoms with E-state index >= 15 is 0 Å². The number of hydrogen-bond donors (Lipinski definition) is 1. The number of aryl methyl sites for hydroxylation is 1. The summed E-state index contributed by atoms with van der Waals surface area (Å²) in [5.41, 5.74) is 7.60. The van der Waals surface area contributed by atoms with Gasteiger partial charge in [0.15, 0.2) is 0 Å². The summed E-state index contributed by atoms with van der Waals surface area (Å²) in [5.74, 6) is -0.357. The van der Waals surface area contributed by atoms with Crippen LogP contribution in [-0.2, 0) is 26.2 Å². The predicted octanol–water partition coefficient (Wildman–Crippen LogP) is 5.67. The largest absolute Gasteiger partial charge is 0.469 e. The molecular weight excluding hydrogens is 679 g/mol. The Hall–Kier alpha value is -3.39. The average Bonchev–Trinajstić information content (AvgIpc) is 3.38. The van der Waals surface area contributed by atoms with Gasteiger partial charge in [0.25, 0.3) is 0 Å². The number of anilines is 1. The number of hydrogen-bond acceptors (Lipinski definition) is 5. The third-order valence-electron chi connectivity index (χ3n) is 12.1. The predicted molar refractivity (Wildman–Crippen MR) is 207 cm³/mol. The van der Waals surface area contributed by atoms with E-state index in [2.05, 4.69) is 84.0 Å². The van der Waals surface area contributed by atoms with Crippen LogP contribution in [0.3, 0.4) is 0 Å². The highest BCUT2D eigenvalue weighted by Crippen LogP contribution is 2.48. The maximum atomic E-state index is 13.1. The molecule has 1 amide bonds. The van der Waals surface area contributed by atoms with E-state index in [9.17, 15) is 9.59 Å². The standard InChI is InChI=1S/C42H50Cl2N4O3/c1-42(2)33-24-30(46(3)4)12-10-27(33)20-29-21-28-8-6-17-47(38(28)25-34(29)42)18-7-9-39(49)45-16-19-48-31-13-15-37(48)40(41(50)51-5)32(23-31)26-11-14-35(43)36(44)22-26/h10-12,14,20-22,24-25,31-32,37,40H,6-9,13,15-19,23H2,1-5H3/p+1/t31-,32+,37+,40-/m0/s1. The van der Waals surface area contributed by atoms with Gasteiger partial charge in [-0.05, 0) is 89.6 Å². The van der Waals surface area contributed by atoms with Crippen molar-refractivity contribution in [1.29, 1.82) is 0 Å². The summed E-state index contributed by atoms with van der Waals surface area (Å²) in [6.07, 6.45) is 8.69. The summed E-state index contributed by atoms with van der Waals surface area (Å²) in [5, 5.41) is 6.86. The number of rotatable bonds is 10. The van der Waals surface area contributed by atoms with E-state index in [1.54, 1.807) is 0 Å². The normalized spacial score (nSPS) is 23.1. The smallest absolute Gasteiger partial charge is 0.310 e. The van der Waals surface area contributed by atoms with E-state index in [0.29, 0.717) is 29.1 Å². The first-order valence-corrected chi connectivity index (χ1v) is 19.4. The number of nitrogens with one attached hydrogen (secondary N) is 1.